The molecule has 8 heteroatoms. The molecule has 4 nitrogen and oxygen atoms in total. The highest BCUT2D eigenvalue weighted by atomic mass is 35.5. The maximum absolute atomic E-state index is 13.0. The van der Waals surface area contributed by atoms with Crippen LogP contribution in [0.25, 0.3) is 0 Å². The van der Waals surface area contributed by atoms with Gasteiger partial charge in [-0.1, -0.05) is 0 Å². The van der Waals surface area contributed by atoms with Crippen molar-refractivity contribution >= 4 is 29.2 Å². The van der Waals surface area contributed by atoms with Crippen LogP contribution < -0.4 is 10.6 Å². The number of benzene rings is 1. The second-order valence-electron chi connectivity index (χ2n) is 2.88. The second-order valence-corrected chi connectivity index (χ2v) is 3.15. The summed E-state index contributed by atoms with van der Waals surface area (Å²) in [7, 11) is 0. The van der Waals surface area contributed by atoms with Crippen molar-refractivity contribution in [2.45, 2.75) is 0 Å². The van der Waals surface area contributed by atoms with Gasteiger partial charge in [-0.05, 0) is 0 Å². The molecule has 0 unspecified atom stereocenters. The highest BCUT2D eigenvalue weighted by Crippen LogP contribution is 2.18. The van der Waals surface area contributed by atoms with Gasteiger partial charge in [0.25, 0.3) is 0 Å². The number of carbonyl (C=O) groups is 2. The molecule has 0 spiro atoms. The zero-order chi connectivity index (χ0) is 13.0. The van der Waals surface area contributed by atoms with Crippen molar-refractivity contribution in [2.24, 2.45) is 0 Å². The van der Waals surface area contributed by atoms with E-state index in [1.807, 2.05) is 5.32 Å². The Bertz CT molecular complexity index is 468. The summed E-state index contributed by atoms with van der Waals surface area (Å²) in [4.78, 5) is 21.7. The Morgan fingerprint density at radius 2 is 1.71 bits per heavy atom. The van der Waals surface area contributed by atoms with Gasteiger partial charge in [-0.3, -0.25) is 10.1 Å². The third kappa shape index (κ3) is 3.63. The first-order valence-corrected chi connectivity index (χ1v) is 4.79. The van der Waals surface area contributed by atoms with Crippen LogP contribution in [0, 0.1) is 17.5 Å². The van der Waals surface area contributed by atoms with Crippen LogP contribution in [0.4, 0.5) is 23.7 Å². The summed E-state index contributed by atoms with van der Waals surface area (Å²) >= 11 is 5.10. The fourth-order valence-electron chi connectivity index (χ4n) is 0.932. The number of alkyl halides is 1. The van der Waals surface area contributed by atoms with Crippen molar-refractivity contribution in [1.29, 1.82) is 0 Å². The lowest BCUT2D eigenvalue weighted by Crippen LogP contribution is -2.35. The van der Waals surface area contributed by atoms with Gasteiger partial charge in [0.1, 0.15) is 11.7 Å². The molecule has 1 rings (SSSR count). The smallest absolute Gasteiger partial charge is 0.305 e. The second kappa shape index (κ2) is 5.53. The Labute approximate surface area is 98.7 Å². The van der Waals surface area contributed by atoms with E-state index in [0.717, 1.165) is 0 Å². The quantitative estimate of drug-likeness (QED) is 0.635. The van der Waals surface area contributed by atoms with Gasteiger partial charge in [-0.2, -0.15) is 0 Å². The molecule has 0 radical (unpaired) electrons. The van der Waals surface area contributed by atoms with Gasteiger partial charge in [-0.25, -0.2) is 18.0 Å². The number of nitrogens with one attached hydrogen (secondary N) is 2. The average Bonchev–Trinajstić information content (AvgIpc) is 2.25. The SMILES string of the molecule is O=C(CCl)NC(=O)Nc1cc(F)c(F)cc1F. The van der Waals surface area contributed by atoms with E-state index in [0.29, 0.717) is 6.07 Å². The zero-order valence-corrected chi connectivity index (χ0v) is 8.95. The predicted molar refractivity (Wildman–Crippen MR) is 54.2 cm³/mol. The van der Waals surface area contributed by atoms with Crippen LogP contribution in [-0.4, -0.2) is 17.8 Å². The summed E-state index contributed by atoms with van der Waals surface area (Å²) in [5, 5.41) is 3.57. The van der Waals surface area contributed by atoms with Crippen LogP contribution in [0.2, 0.25) is 0 Å². The average molecular weight is 267 g/mol. The maximum atomic E-state index is 13.0. The molecule has 2 N–H and O–H groups in total. The van der Waals surface area contributed by atoms with Crippen LogP contribution in [-0.2, 0) is 4.79 Å². The standard InChI is InChI=1S/C9H6ClF3N2O2/c10-3-8(16)15-9(17)14-7-2-5(12)4(11)1-6(7)13/h1-2H,3H2,(H2,14,15,16,17). The normalized spacial score (nSPS) is 9.88. The van der Waals surface area contributed by atoms with Gasteiger partial charge in [0.15, 0.2) is 11.6 Å². The van der Waals surface area contributed by atoms with Gasteiger partial charge in [-0.15, -0.1) is 11.6 Å². The van der Waals surface area contributed by atoms with Gasteiger partial charge in [0, 0.05) is 12.1 Å². The Morgan fingerprint density at radius 1 is 1.12 bits per heavy atom. The molecule has 0 aliphatic carbocycles. The third-order valence-corrected chi connectivity index (χ3v) is 1.88. The minimum Gasteiger partial charge on any atom is -0.305 e. The summed E-state index contributed by atoms with van der Waals surface area (Å²) < 4.78 is 38.3. The van der Waals surface area contributed by atoms with Crippen molar-refractivity contribution in [1.82, 2.24) is 5.32 Å². The van der Waals surface area contributed by atoms with Crippen molar-refractivity contribution in [3.8, 4) is 0 Å². The monoisotopic (exact) mass is 266 g/mol. The van der Waals surface area contributed by atoms with E-state index in [1.54, 1.807) is 5.32 Å². The molecule has 0 bridgehead atoms. The molecule has 0 saturated heterocycles. The maximum Gasteiger partial charge on any atom is 0.325 e. The van der Waals surface area contributed by atoms with E-state index < -0.39 is 41.0 Å². The first kappa shape index (κ1) is 13.3. The van der Waals surface area contributed by atoms with E-state index in [-0.39, 0.29) is 6.07 Å². The number of rotatable bonds is 2. The molecule has 0 saturated carbocycles. The molecule has 3 amide bonds. The number of amides is 3. The molecule has 1 aromatic carbocycles. The third-order valence-electron chi connectivity index (χ3n) is 1.63. The lowest BCUT2D eigenvalue weighted by Gasteiger charge is -2.07. The summed E-state index contributed by atoms with van der Waals surface area (Å²) in [6.45, 7) is 0. The molecule has 17 heavy (non-hydrogen) atoms. The van der Waals surface area contributed by atoms with Crippen LogP contribution in [0.5, 0.6) is 0 Å². The summed E-state index contributed by atoms with van der Waals surface area (Å²) in [5.74, 6) is -5.16. The molecule has 0 fully saturated rings. The molecule has 0 heterocycles. The van der Waals surface area contributed by atoms with Crippen molar-refractivity contribution in [3.63, 3.8) is 0 Å². The molecule has 0 aromatic heterocycles. The van der Waals surface area contributed by atoms with E-state index in [1.165, 1.54) is 0 Å². The molecule has 0 aliphatic rings. The predicted octanol–water partition coefficient (Wildman–Crippen LogP) is 1.99. The van der Waals surface area contributed by atoms with Gasteiger partial charge < -0.3 is 5.32 Å². The highest BCUT2D eigenvalue weighted by Gasteiger charge is 2.13. The molecular weight excluding hydrogens is 261 g/mol. The Kier molecular flexibility index (Phi) is 4.33. The number of imide groups is 1. The van der Waals surface area contributed by atoms with E-state index >= 15 is 0 Å². The van der Waals surface area contributed by atoms with Crippen LogP contribution >= 0.6 is 11.6 Å². The number of carbonyl (C=O) groups excluding carboxylic acids is 2. The van der Waals surface area contributed by atoms with Crippen LogP contribution in [0.1, 0.15) is 0 Å². The number of hydrogen-bond acceptors (Lipinski definition) is 2. The zero-order valence-electron chi connectivity index (χ0n) is 8.19. The van der Waals surface area contributed by atoms with Gasteiger partial charge in [0.05, 0.1) is 5.69 Å². The van der Waals surface area contributed by atoms with Crippen molar-refractivity contribution in [3.05, 3.63) is 29.6 Å². The Hall–Kier alpha value is -1.76. The lowest BCUT2D eigenvalue weighted by molar-refractivity contribution is -0.117. The van der Waals surface area contributed by atoms with E-state index in [9.17, 15) is 22.8 Å². The minimum atomic E-state index is -1.38. The van der Waals surface area contributed by atoms with Crippen LogP contribution in [0.15, 0.2) is 12.1 Å². The fraction of sp³-hybridized carbons (Fsp3) is 0.111. The largest absolute Gasteiger partial charge is 0.325 e. The molecule has 0 aliphatic heterocycles. The number of halogens is 4. The summed E-state index contributed by atoms with van der Waals surface area (Å²) in [6.07, 6.45) is 0. The van der Waals surface area contributed by atoms with Gasteiger partial charge >= 0.3 is 6.03 Å². The van der Waals surface area contributed by atoms with Gasteiger partial charge in [0.2, 0.25) is 5.91 Å². The van der Waals surface area contributed by atoms with Crippen molar-refractivity contribution < 1.29 is 22.8 Å². The van der Waals surface area contributed by atoms with Crippen molar-refractivity contribution in [2.75, 3.05) is 11.2 Å². The molecule has 0 atom stereocenters. The summed E-state index contributed by atoms with van der Waals surface area (Å²) in [5.41, 5.74) is -0.594. The van der Waals surface area contributed by atoms with E-state index in [2.05, 4.69) is 0 Å². The number of urea groups is 1. The Balaban J connectivity index is 2.78. The highest BCUT2D eigenvalue weighted by molar-refractivity contribution is 6.28. The minimum absolute atomic E-state index is 0.272. The Morgan fingerprint density at radius 3 is 2.29 bits per heavy atom. The summed E-state index contributed by atoms with van der Waals surface area (Å²) in [6, 6.07) is -0.371. The first-order valence-electron chi connectivity index (χ1n) is 4.25. The van der Waals surface area contributed by atoms with E-state index in [4.69, 9.17) is 11.6 Å². The first-order chi connectivity index (χ1) is 7.93. The fourth-order valence-corrected chi connectivity index (χ4v) is 0.999. The molecular formula is C9H6ClF3N2O2. The molecule has 92 valence electrons. The molecule has 1 aromatic rings. The van der Waals surface area contributed by atoms with Crippen LogP contribution in [0.3, 0.4) is 0 Å². The number of hydrogen-bond donors (Lipinski definition) is 2. The lowest BCUT2D eigenvalue weighted by atomic mass is 10.3. The number of anilines is 1. The topological polar surface area (TPSA) is 58.2 Å².